The molecule has 0 aliphatic rings. The minimum Gasteiger partial charge on any atom is -0.430 e. The summed E-state index contributed by atoms with van der Waals surface area (Å²) < 4.78 is 10.2. The maximum atomic E-state index is 11.5. The van der Waals surface area contributed by atoms with Crippen molar-refractivity contribution in [2.45, 2.75) is 39.5 Å². The van der Waals surface area contributed by atoms with Crippen LogP contribution in [-0.4, -0.2) is 31.9 Å². The molecule has 0 saturated carbocycles. The van der Waals surface area contributed by atoms with Crippen LogP contribution in [0.3, 0.4) is 0 Å². The molecule has 7 heteroatoms. The minimum absolute atomic E-state index is 0.0268. The summed E-state index contributed by atoms with van der Waals surface area (Å²) in [6.07, 6.45) is 3.44. The molecule has 0 amide bonds. The van der Waals surface area contributed by atoms with Gasteiger partial charge in [0.05, 0.1) is 17.2 Å². The monoisotopic (exact) mass is 354 g/mol. The number of carbonyl (C=O) groups is 2. The van der Waals surface area contributed by atoms with E-state index < -0.39 is 12.1 Å². The van der Waals surface area contributed by atoms with Crippen LogP contribution in [0.5, 0.6) is 0 Å². The molecule has 0 aliphatic carbocycles. The van der Waals surface area contributed by atoms with Crippen molar-refractivity contribution in [2.75, 3.05) is 19.8 Å². The van der Waals surface area contributed by atoms with Crippen molar-refractivity contribution in [2.24, 2.45) is 5.92 Å². The molecule has 0 heterocycles. The van der Waals surface area contributed by atoms with Gasteiger partial charge in [-0.1, -0.05) is 51.3 Å². The standard InChI is InChI=1S/C18H26O7/c1-3-5-9-15(4-2)14-21-12-13-22-18(20)24-25-23-17(19)16-10-7-6-8-11-16/h6-8,10-11,15H,3-5,9,12-14H2,1-2H3. The largest absolute Gasteiger partial charge is 0.543 e. The van der Waals surface area contributed by atoms with Crippen LogP contribution in [0.25, 0.3) is 0 Å². The molecule has 0 N–H and O–H groups in total. The van der Waals surface area contributed by atoms with E-state index in [4.69, 9.17) is 9.47 Å². The molecule has 7 nitrogen and oxygen atoms in total. The number of benzene rings is 1. The Hall–Kier alpha value is -2.12. The third-order valence-electron chi connectivity index (χ3n) is 3.57. The van der Waals surface area contributed by atoms with E-state index in [2.05, 4.69) is 28.7 Å². The maximum absolute atomic E-state index is 11.5. The molecular formula is C18H26O7. The lowest BCUT2D eigenvalue weighted by Gasteiger charge is -2.14. The Morgan fingerprint density at radius 3 is 2.48 bits per heavy atom. The van der Waals surface area contributed by atoms with E-state index >= 15 is 0 Å². The van der Waals surface area contributed by atoms with Gasteiger partial charge in [-0.25, -0.2) is 14.5 Å². The first-order valence-electron chi connectivity index (χ1n) is 8.52. The average Bonchev–Trinajstić information content (AvgIpc) is 2.64. The molecule has 1 unspecified atom stereocenters. The molecule has 140 valence electrons. The summed E-state index contributed by atoms with van der Waals surface area (Å²) in [6, 6.07) is 8.14. The fourth-order valence-electron chi connectivity index (χ4n) is 2.05. The molecule has 1 atom stereocenters. The van der Waals surface area contributed by atoms with Crippen LogP contribution in [0, 0.1) is 5.92 Å². The van der Waals surface area contributed by atoms with Gasteiger partial charge in [0.25, 0.3) is 0 Å². The number of hydrogen-bond acceptors (Lipinski definition) is 7. The number of ether oxygens (including phenoxy) is 2. The second-order valence-electron chi connectivity index (χ2n) is 5.48. The molecule has 25 heavy (non-hydrogen) atoms. The smallest absolute Gasteiger partial charge is 0.430 e. The van der Waals surface area contributed by atoms with E-state index in [1.165, 1.54) is 25.0 Å². The van der Waals surface area contributed by atoms with Crippen LogP contribution < -0.4 is 0 Å². The van der Waals surface area contributed by atoms with Gasteiger partial charge in [0, 0.05) is 6.61 Å². The summed E-state index contributed by atoms with van der Waals surface area (Å²) in [6.45, 7) is 5.22. The van der Waals surface area contributed by atoms with Gasteiger partial charge in [0.15, 0.2) is 0 Å². The summed E-state index contributed by atoms with van der Waals surface area (Å²) in [5, 5.41) is 4.10. The molecule has 0 fully saturated rings. The fraction of sp³-hybridized carbons (Fsp3) is 0.556. The molecule has 1 aromatic rings. The third-order valence-corrected chi connectivity index (χ3v) is 3.57. The number of carbonyl (C=O) groups excluding carboxylic acids is 2. The quantitative estimate of drug-likeness (QED) is 0.242. The topological polar surface area (TPSA) is 80.3 Å². The summed E-state index contributed by atoms with van der Waals surface area (Å²) in [4.78, 5) is 31.2. The lowest BCUT2D eigenvalue weighted by Crippen LogP contribution is -2.16. The molecule has 1 aromatic carbocycles. The van der Waals surface area contributed by atoms with Crippen LogP contribution in [0.4, 0.5) is 4.79 Å². The van der Waals surface area contributed by atoms with Gasteiger partial charge in [-0.3, -0.25) is 4.89 Å². The number of hydrogen-bond donors (Lipinski definition) is 0. The number of rotatable bonds is 12. The highest BCUT2D eigenvalue weighted by Crippen LogP contribution is 2.12. The Bertz CT molecular complexity index is 489. The molecule has 0 radical (unpaired) electrons. The first-order chi connectivity index (χ1) is 12.2. The van der Waals surface area contributed by atoms with Gasteiger partial charge in [-0.2, -0.15) is 0 Å². The SMILES string of the molecule is CCCCC(CC)COCCOC(=O)OOOC(=O)c1ccccc1. The highest BCUT2D eigenvalue weighted by Gasteiger charge is 2.12. The predicted octanol–water partition coefficient (Wildman–Crippen LogP) is 4.08. The van der Waals surface area contributed by atoms with Crippen molar-refractivity contribution in [3.63, 3.8) is 0 Å². The zero-order valence-electron chi connectivity index (χ0n) is 14.8. The normalized spacial score (nSPS) is 11.6. The van der Waals surface area contributed by atoms with Crippen molar-refractivity contribution in [1.29, 1.82) is 0 Å². The van der Waals surface area contributed by atoms with Crippen LogP contribution >= 0.6 is 0 Å². The van der Waals surface area contributed by atoms with Crippen LogP contribution in [0.2, 0.25) is 0 Å². The second-order valence-corrected chi connectivity index (χ2v) is 5.48. The van der Waals surface area contributed by atoms with Crippen molar-refractivity contribution >= 4 is 12.1 Å². The summed E-state index contributed by atoms with van der Waals surface area (Å²) in [5.74, 6) is -0.262. The molecule has 0 bridgehead atoms. The van der Waals surface area contributed by atoms with Crippen molar-refractivity contribution in [1.82, 2.24) is 0 Å². The molecular weight excluding hydrogens is 328 g/mol. The lowest BCUT2D eigenvalue weighted by molar-refractivity contribution is -0.452. The maximum Gasteiger partial charge on any atom is 0.543 e. The highest BCUT2D eigenvalue weighted by atomic mass is 17.5. The van der Waals surface area contributed by atoms with Gasteiger partial charge in [0.2, 0.25) is 0 Å². The Balaban J connectivity index is 2.04. The summed E-state index contributed by atoms with van der Waals surface area (Å²) in [7, 11) is 0. The molecule has 0 aliphatic heterocycles. The fourth-order valence-corrected chi connectivity index (χ4v) is 2.05. The highest BCUT2D eigenvalue weighted by molar-refractivity contribution is 5.88. The third kappa shape index (κ3) is 9.69. The first kappa shape index (κ1) is 20.9. The van der Waals surface area contributed by atoms with E-state index in [9.17, 15) is 9.59 Å². The van der Waals surface area contributed by atoms with Crippen molar-refractivity contribution < 1.29 is 33.9 Å². The van der Waals surface area contributed by atoms with Crippen molar-refractivity contribution in [3.05, 3.63) is 35.9 Å². The van der Waals surface area contributed by atoms with E-state index in [-0.39, 0.29) is 18.8 Å². The zero-order chi connectivity index (χ0) is 18.3. The summed E-state index contributed by atoms with van der Waals surface area (Å²) in [5.41, 5.74) is 0.265. The van der Waals surface area contributed by atoms with E-state index in [1.54, 1.807) is 18.2 Å². The van der Waals surface area contributed by atoms with Crippen LogP contribution in [-0.2, 0) is 24.3 Å². The zero-order valence-corrected chi connectivity index (χ0v) is 14.8. The van der Waals surface area contributed by atoms with Gasteiger partial charge >= 0.3 is 12.1 Å². The molecule has 0 saturated heterocycles. The van der Waals surface area contributed by atoms with Gasteiger partial charge < -0.3 is 9.47 Å². The average molecular weight is 354 g/mol. The Morgan fingerprint density at radius 1 is 1.04 bits per heavy atom. The van der Waals surface area contributed by atoms with Gasteiger partial charge in [-0.15, -0.1) is 0 Å². The second kappa shape index (κ2) is 13.2. The molecule has 0 spiro atoms. The van der Waals surface area contributed by atoms with E-state index in [0.717, 1.165) is 12.8 Å². The Labute approximate surface area is 148 Å². The summed E-state index contributed by atoms with van der Waals surface area (Å²) >= 11 is 0. The Kier molecular flexibility index (Phi) is 11.0. The Morgan fingerprint density at radius 2 is 1.80 bits per heavy atom. The van der Waals surface area contributed by atoms with E-state index in [1.807, 2.05) is 0 Å². The van der Waals surface area contributed by atoms with Gasteiger partial charge in [0.1, 0.15) is 6.61 Å². The van der Waals surface area contributed by atoms with Crippen molar-refractivity contribution in [3.8, 4) is 0 Å². The first-order valence-corrected chi connectivity index (χ1v) is 8.52. The minimum atomic E-state index is -1.11. The lowest BCUT2D eigenvalue weighted by atomic mass is 10.0. The van der Waals surface area contributed by atoms with Crippen LogP contribution in [0.15, 0.2) is 30.3 Å². The van der Waals surface area contributed by atoms with Crippen LogP contribution in [0.1, 0.15) is 49.9 Å². The molecule has 0 aromatic heterocycles. The van der Waals surface area contributed by atoms with E-state index in [0.29, 0.717) is 12.5 Å². The number of unbranched alkanes of at least 4 members (excludes halogenated alkanes) is 1. The van der Waals surface area contributed by atoms with Gasteiger partial charge in [-0.05, 0) is 24.5 Å². The molecule has 1 rings (SSSR count). The predicted molar refractivity (Wildman–Crippen MR) is 89.5 cm³/mol.